The summed E-state index contributed by atoms with van der Waals surface area (Å²) in [6, 6.07) is 0. The third-order valence-electron chi connectivity index (χ3n) is 4.24. The number of imidazole rings is 1. The van der Waals surface area contributed by atoms with Crippen molar-refractivity contribution in [1.29, 1.82) is 0 Å². The Hall–Kier alpha value is -1.77. The summed E-state index contributed by atoms with van der Waals surface area (Å²) >= 11 is 0. The van der Waals surface area contributed by atoms with Gasteiger partial charge in [0.15, 0.2) is 23.2 Å². The Morgan fingerprint density at radius 2 is 2.30 bits per heavy atom. The second kappa shape index (κ2) is 4.11. The van der Waals surface area contributed by atoms with E-state index in [0.29, 0.717) is 29.8 Å². The number of aryl methyl sites for hydroxylation is 1. The standard InChI is InChI=1S/C12H15N5O3/c13-10-8-11(15-4-14-10)17-7(16-8)2-1-5-6(3-18)20-12(17)9(5)19/h4-6,9,12,18-19H,1-3H2,(H2,13,14,15). The molecule has 2 aromatic heterocycles. The average molecular weight is 277 g/mol. The van der Waals surface area contributed by atoms with Gasteiger partial charge in [-0.3, -0.25) is 4.57 Å². The number of nitrogens with two attached hydrogens (primary N) is 1. The van der Waals surface area contributed by atoms with E-state index in [9.17, 15) is 10.2 Å². The van der Waals surface area contributed by atoms with E-state index in [1.54, 1.807) is 4.57 Å². The number of ether oxygens (including phenoxy) is 1. The minimum Gasteiger partial charge on any atom is -0.394 e. The first kappa shape index (κ1) is 12.0. The average Bonchev–Trinajstić information content (AvgIpc) is 2.89. The largest absolute Gasteiger partial charge is 0.394 e. The van der Waals surface area contributed by atoms with Crippen LogP contribution in [0.3, 0.4) is 0 Å². The smallest absolute Gasteiger partial charge is 0.167 e. The maximum absolute atomic E-state index is 10.4. The van der Waals surface area contributed by atoms with Crippen LogP contribution in [-0.2, 0) is 11.2 Å². The van der Waals surface area contributed by atoms with Gasteiger partial charge in [0.1, 0.15) is 18.3 Å². The summed E-state index contributed by atoms with van der Waals surface area (Å²) in [7, 11) is 0. The molecule has 2 aliphatic rings. The minimum absolute atomic E-state index is 0.0825. The Labute approximate surface area is 114 Å². The first-order valence-corrected chi connectivity index (χ1v) is 6.62. The molecule has 4 rings (SSSR count). The van der Waals surface area contributed by atoms with Gasteiger partial charge in [-0.25, -0.2) is 15.0 Å². The number of hydrogen-bond acceptors (Lipinski definition) is 7. The van der Waals surface area contributed by atoms with E-state index in [2.05, 4.69) is 15.0 Å². The number of aliphatic hydroxyl groups excluding tert-OH is 2. The van der Waals surface area contributed by atoms with Crippen LogP contribution in [0.4, 0.5) is 5.82 Å². The summed E-state index contributed by atoms with van der Waals surface area (Å²) in [5, 5.41) is 19.8. The van der Waals surface area contributed by atoms with E-state index >= 15 is 0 Å². The van der Waals surface area contributed by atoms with Gasteiger partial charge in [-0.15, -0.1) is 0 Å². The molecular weight excluding hydrogens is 262 g/mol. The number of hydrogen-bond donors (Lipinski definition) is 3. The Kier molecular flexibility index (Phi) is 2.47. The predicted molar refractivity (Wildman–Crippen MR) is 68.5 cm³/mol. The van der Waals surface area contributed by atoms with Crippen LogP contribution in [0.2, 0.25) is 0 Å². The summed E-state index contributed by atoms with van der Waals surface area (Å²) in [5.41, 5.74) is 6.92. The molecule has 4 heterocycles. The van der Waals surface area contributed by atoms with Gasteiger partial charge < -0.3 is 20.7 Å². The Morgan fingerprint density at radius 3 is 3.10 bits per heavy atom. The van der Waals surface area contributed by atoms with Gasteiger partial charge >= 0.3 is 0 Å². The Balaban J connectivity index is 1.92. The van der Waals surface area contributed by atoms with Crippen molar-refractivity contribution in [3.05, 3.63) is 12.2 Å². The molecule has 0 aliphatic carbocycles. The lowest BCUT2D eigenvalue weighted by Crippen LogP contribution is -2.26. The molecule has 106 valence electrons. The van der Waals surface area contributed by atoms with E-state index < -0.39 is 12.3 Å². The van der Waals surface area contributed by atoms with Gasteiger partial charge in [-0.2, -0.15) is 0 Å². The van der Waals surface area contributed by atoms with Crippen LogP contribution in [0.1, 0.15) is 18.5 Å². The van der Waals surface area contributed by atoms with Crippen molar-refractivity contribution in [2.45, 2.75) is 31.3 Å². The van der Waals surface area contributed by atoms with Crippen LogP contribution >= 0.6 is 0 Å². The monoisotopic (exact) mass is 277 g/mol. The van der Waals surface area contributed by atoms with Gasteiger partial charge in [-0.05, 0) is 6.42 Å². The Morgan fingerprint density at radius 1 is 1.45 bits per heavy atom. The molecule has 4 N–H and O–H groups in total. The van der Waals surface area contributed by atoms with Crippen LogP contribution in [0.15, 0.2) is 6.33 Å². The van der Waals surface area contributed by atoms with E-state index in [-0.39, 0.29) is 18.6 Å². The summed E-state index contributed by atoms with van der Waals surface area (Å²) in [4.78, 5) is 12.6. The van der Waals surface area contributed by atoms with Gasteiger partial charge in [0.05, 0.1) is 12.7 Å². The molecule has 0 aromatic carbocycles. The highest BCUT2D eigenvalue weighted by atomic mass is 16.5. The summed E-state index contributed by atoms with van der Waals surface area (Å²) < 4.78 is 7.57. The van der Waals surface area contributed by atoms with Crippen LogP contribution in [0, 0.1) is 5.92 Å². The molecule has 4 unspecified atom stereocenters. The minimum atomic E-state index is -0.679. The predicted octanol–water partition coefficient (Wildman–Crippen LogP) is -0.779. The third kappa shape index (κ3) is 1.43. The highest BCUT2D eigenvalue weighted by Crippen LogP contribution is 2.41. The fraction of sp³-hybridized carbons (Fsp3) is 0.583. The molecule has 1 fully saturated rings. The van der Waals surface area contributed by atoms with Gasteiger partial charge in [-0.1, -0.05) is 0 Å². The molecule has 0 radical (unpaired) electrons. The number of nitrogen functional groups attached to an aromatic ring is 1. The van der Waals surface area contributed by atoms with Crippen molar-refractivity contribution in [1.82, 2.24) is 19.5 Å². The maximum atomic E-state index is 10.4. The third-order valence-corrected chi connectivity index (χ3v) is 4.24. The van der Waals surface area contributed by atoms with Crippen LogP contribution in [0.5, 0.6) is 0 Å². The van der Waals surface area contributed by atoms with E-state index in [1.165, 1.54) is 6.33 Å². The maximum Gasteiger partial charge on any atom is 0.167 e. The quantitative estimate of drug-likeness (QED) is 0.625. The van der Waals surface area contributed by atoms with Gasteiger partial charge in [0, 0.05) is 12.3 Å². The molecule has 0 saturated carbocycles. The molecule has 20 heavy (non-hydrogen) atoms. The summed E-state index contributed by atoms with van der Waals surface area (Å²) in [6.45, 7) is -0.0999. The topological polar surface area (TPSA) is 119 Å². The molecule has 2 aromatic rings. The lowest BCUT2D eigenvalue weighted by Gasteiger charge is -2.19. The zero-order chi connectivity index (χ0) is 13.9. The second-order valence-electron chi connectivity index (χ2n) is 5.27. The fourth-order valence-corrected chi connectivity index (χ4v) is 3.25. The van der Waals surface area contributed by atoms with Crippen molar-refractivity contribution >= 4 is 17.0 Å². The van der Waals surface area contributed by atoms with Crippen molar-refractivity contribution in [2.24, 2.45) is 5.92 Å². The van der Waals surface area contributed by atoms with Crippen LogP contribution in [-0.4, -0.2) is 48.5 Å². The molecule has 8 nitrogen and oxygen atoms in total. The molecule has 2 aliphatic heterocycles. The number of rotatable bonds is 1. The lowest BCUT2D eigenvalue weighted by molar-refractivity contribution is -0.0518. The van der Waals surface area contributed by atoms with Crippen molar-refractivity contribution < 1.29 is 14.9 Å². The molecule has 8 heteroatoms. The summed E-state index contributed by atoms with van der Waals surface area (Å²) in [5.74, 6) is 1.02. The zero-order valence-corrected chi connectivity index (χ0v) is 10.7. The normalized spacial score (nSPS) is 32.3. The highest BCUT2D eigenvalue weighted by molar-refractivity contribution is 5.82. The van der Waals surface area contributed by atoms with Crippen molar-refractivity contribution in [3.8, 4) is 0 Å². The second-order valence-corrected chi connectivity index (χ2v) is 5.27. The number of aromatic nitrogens is 4. The molecular formula is C12H15N5O3. The van der Waals surface area contributed by atoms with Crippen LogP contribution < -0.4 is 5.73 Å². The van der Waals surface area contributed by atoms with Gasteiger partial charge in [0.2, 0.25) is 0 Å². The lowest BCUT2D eigenvalue weighted by atomic mass is 9.94. The summed E-state index contributed by atoms with van der Waals surface area (Å²) in [6.07, 6.45) is 1.17. The van der Waals surface area contributed by atoms with E-state index in [1.807, 2.05) is 0 Å². The first-order valence-electron chi connectivity index (χ1n) is 6.62. The number of fused-ring (bicyclic) bond motifs is 6. The molecule has 4 atom stereocenters. The van der Waals surface area contributed by atoms with Gasteiger partial charge in [0.25, 0.3) is 0 Å². The number of anilines is 1. The zero-order valence-electron chi connectivity index (χ0n) is 10.7. The van der Waals surface area contributed by atoms with Crippen molar-refractivity contribution in [3.63, 3.8) is 0 Å². The van der Waals surface area contributed by atoms with Crippen LogP contribution in [0.25, 0.3) is 11.2 Å². The van der Waals surface area contributed by atoms with E-state index in [0.717, 1.165) is 5.82 Å². The molecule has 1 saturated heterocycles. The number of aliphatic hydroxyl groups is 2. The molecule has 2 bridgehead atoms. The SMILES string of the molecule is Nc1ncnc2c1nc1n2C2OC(CO)C(CC1)C2O. The number of nitrogens with zero attached hydrogens (tertiary/aromatic N) is 4. The Bertz CT molecular complexity index is 672. The highest BCUT2D eigenvalue weighted by Gasteiger charge is 2.47. The molecule has 0 spiro atoms. The van der Waals surface area contributed by atoms with E-state index in [4.69, 9.17) is 10.5 Å². The molecule has 0 amide bonds. The van der Waals surface area contributed by atoms with Crippen molar-refractivity contribution in [2.75, 3.05) is 12.3 Å². The first-order chi connectivity index (χ1) is 9.70. The fourth-order valence-electron chi connectivity index (χ4n) is 3.25.